The number of ketones is 1. The van der Waals surface area contributed by atoms with Gasteiger partial charge in [-0.1, -0.05) is 80.2 Å². The SMILES string of the molecule is CNCCOC.CO.CO.COC1=C(C(CC=O)CCCCCCCCC(=O)c2ccccc2)CC(C)=CC=C1. The largest absolute Gasteiger partial charge is 0.497 e. The van der Waals surface area contributed by atoms with E-state index in [2.05, 4.69) is 18.3 Å². The first kappa shape index (κ1) is 39.6. The van der Waals surface area contributed by atoms with Crippen LogP contribution in [0.15, 0.2) is 65.5 Å². The number of nitrogens with one attached hydrogen (secondary N) is 1. The molecule has 7 heteroatoms. The Labute approximate surface area is 243 Å². The fourth-order valence-corrected chi connectivity index (χ4v) is 4.30. The second kappa shape index (κ2) is 29.4. The summed E-state index contributed by atoms with van der Waals surface area (Å²) in [6.45, 7) is 3.87. The summed E-state index contributed by atoms with van der Waals surface area (Å²) in [6, 6.07) is 9.56. The predicted molar refractivity (Wildman–Crippen MR) is 166 cm³/mol. The smallest absolute Gasteiger partial charge is 0.162 e. The maximum absolute atomic E-state index is 12.1. The van der Waals surface area contributed by atoms with Gasteiger partial charge in [0, 0.05) is 46.3 Å². The van der Waals surface area contributed by atoms with Gasteiger partial charge in [-0.25, -0.2) is 0 Å². The molecule has 1 aromatic carbocycles. The van der Waals surface area contributed by atoms with Gasteiger partial charge in [-0.3, -0.25) is 4.79 Å². The molecule has 0 aliphatic heterocycles. The standard InChI is InChI=1S/C27H36O3.C4H11NO.2CH4O/c1-22-13-12-18-27(30-2)25(21-22)23(19-20-28)14-8-5-3-4-6-11-17-26(29)24-15-9-7-10-16-24;1-5-3-4-6-2;2*1-2/h7,9-10,12-13,15-16,18,20,23H,3-6,8,11,14,17,19,21H2,1-2H3;5H,3-4H2,1-2H3;2*2H,1H3. The molecule has 0 radical (unpaired) electrons. The van der Waals surface area contributed by atoms with Gasteiger partial charge < -0.3 is 29.8 Å². The Kier molecular flexibility index (Phi) is 29.1. The summed E-state index contributed by atoms with van der Waals surface area (Å²) in [5.41, 5.74) is 3.38. The molecular formula is C33H55NO6. The Morgan fingerprint density at radius 1 is 1.00 bits per heavy atom. The van der Waals surface area contributed by atoms with Crippen molar-refractivity contribution in [3.05, 3.63) is 71.0 Å². The van der Waals surface area contributed by atoms with E-state index in [-0.39, 0.29) is 11.7 Å². The number of carbonyl (C=O) groups excluding carboxylic acids is 2. The van der Waals surface area contributed by atoms with Crippen molar-refractivity contribution in [3.8, 4) is 0 Å². The third-order valence-electron chi connectivity index (χ3n) is 6.37. The number of Topliss-reactive ketones (excluding diaryl/α,β-unsaturated/α-hetero) is 1. The van der Waals surface area contributed by atoms with Crippen molar-refractivity contribution in [2.45, 2.75) is 71.1 Å². The number of aliphatic hydroxyl groups excluding tert-OH is 2. The van der Waals surface area contributed by atoms with Gasteiger partial charge >= 0.3 is 0 Å². The van der Waals surface area contributed by atoms with Gasteiger partial charge in [-0.15, -0.1) is 0 Å². The number of unbranched alkanes of at least 4 members (excludes halogenated alkanes) is 5. The lowest BCUT2D eigenvalue weighted by molar-refractivity contribution is -0.108. The van der Waals surface area contributed by atoms with Crippen LogP contribution in [-0.2, 0) is 14.3 Å². The van der Waals surface area contributed by atoms with Crippen molar-refractivity contribution in [3.63, 3.8) is 0 Å². The van der Waals surface area contributed by atoms with E-state index in [1.807, 2.05) is 49.5 Å². The van der Waals surface area contributed by atoms with E-state index < -0.39 is 0 Å². The zero-order valence-corrected chi connectivity index (χ0v) is 25.8. The monoisotopic (exact) mass is 561 g/mol. The van der Waals surface area contributed by atoms with E-state index in [1.54, 1.807) is 14.2 Å². The molecule has 2 rings (SSSR count). The lowest BCUT2D eigenvalue weighted by Gasteiger charge is -2.21. The molecule has 1 unspecified atom stereocenters. The van der Waals surface area contributed by atoms with Crippen LogP contribution >= 0.6 is 0 Å². The quantitative estimate of drug-likeness (QED) is 0.120. The Bertz CT molecular complexity index is 829. The number of rotatable bonds is 17. The Hall–Kier alpha value is -2.58. The fraction of sp³-hybridized carbons (Fsp3) is 0.576. The molecule has 1 aliphatic rings. The molecule has 3 N–H and O–H groups in total. The second-order valence-electron chi connectivity index (χ2n) is 9.29. The lowest BCUT2D eigenvalue weighted by Crippen LogP contribution is -2.12. The van der Waals surface area contributed by atoms with E-state index in [1.165, 1.54) is 24.0 Å². The third kappa shape index (κ3) is 19.5. The second-order valence-corrected chi connectivity index (χ2v) is 9.29. The summed E-state index contributed by atoms with van der Waals surface area (Å²) in [4.78, 5) is 23.4. The molecule has 228 valence electrons. The zero-order chi connectivity index (χ0) is 30.4. The van der Waals surface area contributed by atoms with Crippen molar-refractivity contribution >= 4 is 12.1 Å². The van der Waals surface area contributed by atoms with E-state index in [0.717, 1.165) is 83.5 Å². The highest BCUT2D eigenvalue weighted by molar-refractivity contribution is 5.95. The number of ether oxygens (including phenoxy) is 2. The van der Waals surface area contributed by atoms with E-state index in [4.69, 9.17) is 19.7 Å². The molecular weight excluding hydrogens is 506 g/mol. The maximum atomic E-state index is 12.1. The van der Waals surface area contributed by atoms with Crippen LogP contribution in [0.4, 0.5) is 0 Å². The molecule has 0 bridgehead atoms. The summed E-state index contributed by atoms with van der Waals surface area (Å²) < 4.78 is 10.3. The van der Waals surface area contributed by atoms with Crippen molar-refractivity contribution < 1.29 is 29.3 Å². The van der Waals surface area contributed by atoms with E-state index >= 15 is 0 Å². The highest BCUT2D eigenvalue weighted by atomic mass is 16.5. The van der Waals surface area contributed by atoms with Crippen molar-refractivity contribution in [1.82, 2.24) is 5.32 Å². The Morgan fingerprint density at radius 2 is 1.62 bits per heavy atom. The number of allylic oxidation sites excluding steroid dienone is 5. The predicted octanol–water partition coefficient (Wildman–Crippen LogP) is 6.07. The fourth-order valence-electron chi connectivity index (χ4n) is 4.30. The van der Waals surface area contributed by atoms with Crippen molar-refractivity contribution in [2.24, 2.45) is 5.92 Å². The Morgan fingerprint density at radius 3 is 2.17 bits per heavy atom. The molecule has 7 nitrogen and oxygen atoms in total. The molecule has 0 aromatic heterocycles. The number of hydrogen-bond donors (Lipinski definition) is 3. The molecule has 0 saturated carbocycles. The van der Waals surface area contributed by atoms with Gasteiger partial charge in [-0.05, 0) is 50.8 Å². The minimum absolute atomic E-state index is 0.247. The van der Waals surface area contributed by atoms with E-state index in [9.17, 15) is 9.59 Å². The van der Waals surface area contributed by atoms with Crippen LogP contribution < -0.4 is 5.32 Å². The van der Waals surface area contributed by atoms with Gasteiger partial charge in [0.15, 0.2) is 5.78 Å². The van der Waals surface area contributed by atoms with Crippen LogP contribution in [0.1, 0.15) is 81.5 Å². The molecule has 40 heavy (non-hydrogen) atoms. The lowest BCUT2D eigenvalue weighted by atomic mass is 9.86. The van der Waals surface area contributed by atoms with Crippen molar-refractivity contribution in [2.75, 3.05) is 48.6 Å². The summed E-state index contributed by atoms with van der Waals surface area (Å²) in [5.74, 6) is 1.42. The van der Waals surface area contributed by atoms with Crippen LogP contribution in [0.25, 0.3) is 0 Å². The molecule has 0 spiro atoms. The number of benzene rings is 1. The minimum Gasteiger partial charge on any atom is -0.497 e. The number of hydrogen-bond acceptors (Lipinski definition) is 7. The highest BCUT2D eigenvalue weighted by Crippen LogP contribution is 2.32. The number of carbonyl (C=O) groups is 2. The third-order valence-corrected chi connectivity index (χ3v) is 6.37. The summed E-state index contributed by atoms with van der Waals surface area (Å²) in [7, 11) is 7.30. The Balaban J connectivity index is 0. The van der Waals surface area contributed by atoms with Crippen LogP contribution in [0, 0.1) is 5.92 Å². The first-order valence-electron chi connectivity index (χ1n) is 14.2. The zero-order valence-electron chi connectivity index (χ0n) is 25.8. The van der Waals surface area contributed by atoms with Crippen LogP contribution in [-0.4, -0.2) is 70.9 Å². The maximum Gasteiger partial charge on any atom is 0.162 e. The number of aliphatic hydroxyl groups is 2. The molecule has 0 saturated heterocycles. The van der Waals surface area contributed by atoms with Crippen molar-refractivity contribution in [1.29, 1.82) is 0 Å². The van der Waals surface area contributed by atoms with E-state index in [0.29, 0.717) is 12.8 Å². The van der Waals surface area contributed by atoms with Gasteiger partial charge in [-0.2, -0.15) is 0 Å². The minimum atomic E-state index is 0.247. The summed E-state index contributed by atoms with van der Waals surface area (Å²) >= 11 is 0. The molecule has 0 amide bonds. The molecule has 1 atom stereocenters. The number of methoxy groups -OCH3 is 2. The first-order chi connectivity index (χ1) is 19.6. The van der Waals surface area contributed by atoms with Crippen LogP contribution in [0.3, 0.4) is 0 Å². The molecule has 1 aliphatic carbocycles. The van der Waals surface area contributed by atoms with Crippen LogP contribution in [0.5, 0.6) is 0 Å². The van der Waals surface area contributed by atoms with Gasteiger partial charge in [0.05, 0.1) is 13.7 Å². The normalized spacial score (nSPS) is 12.8. The molecule has 0 fully saturated rings. The summed E-state index contributed by atoms with van der Waals surface area (Å²) in [5, 5.41) is 16.9. The van der Waals surface area contributed by atoms with Gasteiger partial charge in [0.2, 0.25) is 0 Å². The van der Waals surface area contributed by atoms with Gasteiger partial charge in [0.1, 0.15) is 12.0 Å². The average Bonchev–Trinajstić information content (AvgIpc) is 3.20. The summed E-state index contributed by atoms with van der Waals surface area (Å²) in [6.07, 6.45) is 17.0. The average molecular weight is 562 g/mol. The molecule has 0 heterocycles. The molecule has 1 aromatic rings. The number of likely N-dealkylation sites (N-methyl/N-ethyl adjacent to an activating group) is 1. The van der Waals surface area contributed by atoms with Gasteiger partial charge in [0.25, 0.3) is 0 Å². The number of aldehydes is 1. The van der Waals surface area contributed by atoms with Crippen LogP contribution in [0.2, 0.25) is 0 Å². The topological polar surface area (TPSA) is 105 Å². The first-order valence-corrected chi connectivity index (χ1v) is 14.2. The highest BCUT2D eigenvalue weighted by Gasteiger charge is 2.19.